The van der Waals surface area contributed by atoms with E-state index >= 15 is 0 Å². The molecule has 0 fully saturated rings. The summed E-state index contributed by atoms with van der Waals surface area (Å²) in [6.45, 7) is 8.08. The van der Waals surface area contributed by atoms with Gasteiger partial charge in [-0.2, -0.15) is 12.6 Å². The van der Waals surface area contributed by atoms with Crippen LogP contribution in [0.15, 0.2) is 24.3 Å². The second kappa shape index (κ2) is 5.36. The fourth-order valence-corrected chi connectivity index (χ4v) is 1.23. The lowest BCUT2D eigenvalue weighted by atomic mass is 9.85. The minimum absolute atomic E-state index is 0.220. The van der Waals surface area contributed by atoms with E-state index in [2.05, 4.69) is 12.6 Å². The van der Waals surface area contributed by atoms with E-state index in [0.29, 0.717) is 6.32 Å². The molecule has 0 aliphatic heterocycles. The lowest BCUT2D eigenvalue weighted by Gasteiger charge is -2.38. The predicted molar refractivity (Wildman–Crippen MR) is 75.8 cm³/mol. The summed E-state index contributed by atoms with van der Waals surface area (Å²) in [7, 11) is 1.77. The summed E-state index contributed by atoms with van der Waals surface area (Å²) in [6.07, 6.45) is 0.668. The molecule has 17 heavy (non-hydrogen) atoms. The van der Waals surface area contributed by atoms with Crippen LogP contribution in [-0.4, -0.2) is 22.9 Å². The zero-order valence-corrected chi connectivity index (χ0v) is 11.8. The van der Waals surface area contributed by atoms with E-state index in [1.165, 1.54) is 0 Å². The highest BCUT2D eigenvalue weighted by atomic mass is 32.1. The minimum Gasteiger partial charge on any atom is -0.508 e. The van der Waals surface area contributed by atoms with Gasteiger partial charge >= 0.3 is 0 Å². The van der Waals surface area contributed by atoms with E-state index in [1.807, 2.05) is 39.8 Å². The Morgan fingerprint density at radius 3 is 2.47 bits per heavy atom. The van der Waals surface area contributed by atoms with Crippen LogP contribution < -0.4 is 0 Å². The van der Waals surface area contributed by atoms with Crippen LogP contribution in [0.5, 0.6) is 5.75 Å². The molecule has 0 atom stereocenters. The molecule has 4 heteroatoms. The van der Waals surface area contributed by atoms with Gasteiger partial charge in [0.05, 0.1) is 5.60 Å². The first-order valence-electron chi connectivity index (χ1n) is 5.72. The van der Waals surface area contributed by atoms with Gasteiger partial charge in [0.25, 0.3) is 7.48 Å². The number of hydrogen-bond acceptors (Lipinski definition) is 3. The van der Waals surface area contributed by atoms with Gasteiger partial charge in [-0.25, -0.2) is 0 Å². The van der Waals surface area contributed by atoms with Crippen molar-refractivity contribution in [3.05, 3.63) is 29.8 Å². The third-order valence-electron chi connectivity index (χ3n) is 3.08. The zero-order valence-electron chi connectivity index (χ0n) is 10.9. The molecule has 1 N–H and O–H groups in total. The first-order valence-corrected chi connectivity index (χ1v) is 6.17. The van der Waals surface area contributed by atoms with Crippen LogP contribution in [0.4, 0.5) is 0 Å². The molecule has 2 nitrogen and oxygen atoms in total. The smallest absolute Gasteiger partial charge is 0.297 e. The van der Waals surface area contributed by atoms with Gasteiger partial charge in [-0.15, -0.1) is 0 Å². The summed E-state index contributed by atoms with van der Waals surface area (Å²) < 4.78 is 5.53. The Morgan fingerprint density at radius 1 is 1.29 bits per heavy atom. The van der Waals surface area contributed by atoms with Crippen molar-refractivity contribution in [1.82, 2.24) is 0 Å². The molecule has 0 saturated heterocycles. The Balaban J connectivity index is 2.48. The Morgan fingerprint density at radius 2 is 1.94 bits per heavy atom. The molecule has 0 aliphatic carbocycles. The van der Waals surface area contributed by atoms with Gasteiger partial charge in [0.1, 0.15) is 5.75 Å². The molecule has 0 unspecified atom stereocenters. The third-order valence-corrected chi connectivity index (χ3v) is 3.62. The van der Waals surface area contributed by atoms with Crippen molar-refractivity contribution in [2.24, 2.45) is 0 Å². The standard InChI is InChI=1S/C13H20BO2S/c1-12(2,13(3,4)17)16-14-9-10-6-5-7-11(15)8-10/h5-8,15,17H,9H2,1-4H3. The number of rotatable bonds is 5. The summed E-state index contributed by atoms with van der Waals surface area (Å²) >= 11 is 4.53. The highest BCUT2D eigenvalue weighted by molar-refractivity contribution is 7.81. The molecule has 0 saturated carbocycles. The van der Waals surface area contributed by atoms with Crippen molar-refractivity contribution in [1.29, 1.82) is 0 Å². The number of phenols is 1. The topological polar surface area (TPSA) is 29.5 Å². The monoisotopic (exact) mass is 251 g/mol. The molecule has 0 aliphatic rings. The number of phenolic OH excluding ortho intramolecular Hbond substituents is 1. The predicted octanol–water partition coefficient (Wildman–Crippen LogP) is 3.02. The van der Waals surface area contributed by atoms with E-state index in [9.17, 15) is 5.11 Å². The summed E-state index contributed by atoms with van der Waals surface area (Å²) in [5.41, 5.74) is 0.685. The molecule has 0 bridgehead atoms. The van der Waals surface area contributed by atoms with Crippen molar-refractivity contribution in [3.63, 3.8) is 0 Å². The van der Waals surface area contributed by atoms with Crippen molar-refractivity contribution < 1.29 is 9.76 Å². The van der Waals surface area contributed by atoms with E-state index in [4.69, 9.17) is 4.65 Å². The quantitative estimate of drug-likeness (QED) is 0.622. The highest BCUT2D eigenvalue weighted by Crippen LogP contribution is 2.30. The molecule has 1 radical (unpaired) electrons. The summed E-state index contributed by atoms with van der Waals surface area (Å²) in [5, 5.41) is 9.33. The molecule has 0 aromatic heterocycles. The van der Waals surface area contributed by atoms with E-state index in [0.717, 1.165) is 5.56 Å². The fourth-order valence-electron chi connectivity index (χ4n) is 1.17. The second-order valence-corrected chi connectivity index (χ2v) is 6.35. The van der Waals surface area contributed by atoms with Crippen LogP contribution in [0.2, 0.25) is 0 Å². The molecular formula is C13H20BO2S. The number of thiol groups is 1. The van der Waals surface area contributed by atoms with Crippen LogP contribution in [0.25, 0.3) is 0 Å². The van der Waals surface area contributed by atoms with Gasteiger partial charge in [0.2, 0.25) is 0 Å². The summed E-state index contributed by atoms with van der Waals surface area (Å²) in [6, 6.07) is 7.18. The first-order chi connectivity index (χ1) is 7.72. The van der Waals surface area contributed by atoms with Crippen LogP contribution >= 0.6 is 12.6 Å². The molecular weight excluding hydrogens is 231 g/mol. The van der Waals surface area contributed by atoms with Crippen molar-refractivity contribution in [2.75, 3.05) is 0 Å². The third kappa shape index (κ3) is 4.28. The van der Waals surface area contributed by atoms with Gasteiger partial charge in [-0.3, -0.25) is 0 Å². The maximum atomic E-state index is 9.33. The average Bonchev–Trinajstić information content (AvgIpc) is 2.15. The molecule has 93 valence electrons. The maximum absolute atomic E-state index is 9.33. The van der Waals surface area contributed by atoms with Gasteiger partial charge < -0.3 is 9.76 Å². The van der Waals surface area contributed by atoms with Crippen LogP contribution in [0.1, 0.15) is 33.3 Å². The van der Waals surface area contributed by atoms with Crippen molar-refractivity contribution >= 4 is 20.1 Å². The number of benzene rings is 1. The van der Waals surface area contributed by atoms with Crippen LogP contribution in [0, 0.1) is 0 Å². The first kappa shape index (κ1) is 14.5. The maximum Gasteiger partial charge on any atom is 0.297 e. The Labute approximate surface area is 110 Å². The Hall–Kier alpha value is -0.605. The van der Waals surface area contributed by atoms with E-state index in [-0.39, 0.29) is 16.1 Å². The lowest BCUT2D eigenvalue weighted by Crippen LogP contribution is -2.44. The van der Waals surface area contributed by atoms with Gasteiger partial charge in [-0.1, -0.05) is 12.1 Å². The minimum atomic E-state index is -0.340. The van der Waals surface area contributed by atoms with Gasteiger partial charge in [0.15, 0.2) is 0 Å². The van der Waals surface area contributed by atoms with Crippen LogP contribution in [0.3, 0.4) is 0 Å². The molecule has 0 spiro atoms. The number of aromatic hydroxyl groups is 1. The Bertz CT molecular complexity index is 372. The second-order valence-electron chi connectivity index (χ2n) is 5.23. The molecule has 1 rings (SSSR count). The SMILES string of the molecule is CC(C)(S)C(C)(C)O[B]Cc1cccc(O)c1. The van der Waals surface area contributed by atoms with Crippen molar-refractivity contribution in [2.45, 2.75) is 44.4 Å². The average molecular weight is 251 g/mol. The summed E-state index contributed by atoms with van der Waals surface area (Å²) in [5.74, 6) is 0.282. The lowest BCUT2D eigenvalue weighted by molar-refractivity contribution is 0.0823. The summed E-state index contributed by atoms with van der Waals surface area (Å²) in [4.78, 5) is 0. The highest BCUT2D eigenvalue weighted by Gasteiger charge is 2.34. The normalized spacial score (nSPS) is 12.5. The van der Waals surface area contributed by atoms with E-state index in [1.54, 1.807) is 19.6 Å². The van der Waals surface area contributed by atoms with Gasteiger partial charge in [0, 0.05) is 4.75 Å². The Kier molecular flexibility index (Phi) is 4.56. The molecule has 0 amide bonds. The molecule has 1 aromatic carbocycles. The molecule has 0 heterocycles. The zero-order chi connectivity index (χ0) is 13.1. The largest absolute Gasteiger partial charge is 0.508 e. The van der Waals surface area contributed by atoms with Crippen LogP contribution in [-0.2, 0) is 11.0 Å². The van der Waals surface area contributed by atoms with E-state index < -0.39 is 0 Å². The number of hydrogen-bond donors (Lipinski definition) is 2. The van der Waals surface area contributed by atoms with Crippen molar-refractivity contribution in [3.8, 4) is 5.75 Å². The fraction of sp³-hybridized carbons (Fsp3) is 0.538. The van der Waals surface area contributed by atoms with Gasteiger partial charge in [-0.05, 0) is 51.7 Å². The molecule has 1 aromatic rings.